The molecule has 0 saturated carbocycles. The molecule has 0 radical (unpaired) electrons. The predicted octanol–water partition coefficient (Wildman–Crippen LogP) is 6.15. The zero-order valence-corrected chi connectivity index (χ0v) is 15.0. The molecule has 1 unspecified atom stereocenters. The molecule has 0 aromatic heterocycles. The number of benzene rings is 2. The van der Waals surface area contributed by atoms with Gasteiger partial charge in [0.25, 0.3) is 0 Å². The van der Waals surface area contributed by atoms with E-state index in [0.717, 1.165) is 22.2 Å². The van der Waals surface area contributed by atoms with Crippen molar-refractivity contribution in [3.63, 3.8) is 0 Å². The standard InChI is InChI=1S/C16H13BrCl2OS/c17-5-6-20-14-8-10-7-11(18)9-13(19)16(10)21-15-4-2-1-3-12(14)15/h1-4,7,9,14H,5-6,8H2. The minimum absolute atomic E-state index is 0.0297. The molecular formula is C16H13BrCl2OS. The Morgan fingerprint density at radius 1 is 1.24 bits per heavy atom. The number of halogens is 3. The third-order valence-electron chi connectivity index (χ3n) is 3.36. The second kappa shape index (κ2) is 6.93. The lowest BCUT2D eigenvalue weighted by atomic mass is 10.0. The van der Waals surface area contributed by atoms with Gasteiger partial charge in [0.2, 0.25) is 0 Å². The van der Waals surface area contributed by atoms with Crippen molar-refractivity contribution in [1.82, 2.24) is 0 Å². The van der Waals surface area contributed by atoms with Crippen molar-refractivity contribution < 1.29 is 4.74 Å². The summed E-state index contributed by atoms with van der Waals surface area (Å²) in [4.78, 5) is 2.28. The topological polar surface area (TPSA) is 9.23 Å². The van der Waals surface area contributed by atoms with E-state index in [-0.39, 0.29) is 6.10 Å². The summed E-state index contributed by atoms with van der Waals surface area (Å²) in [7, 11) is 0. The van der Waals surface area contributed by atoms with Gasteiger partial charge in [-0.05, 0) is 29.3 Å². The predicted molar refractivity (Wildman–Crippen MR) is 93.2 cm³/mol. The number of alkyl halides is 1. The molecule has 21 heavy (non-hydrogen) atoms. The minimum Gasteiger partial charge on any atom is -0.372 e. The largest absolute Gasteiger partial charge is 0.372 e. The van der Waals surface area contributed by atoms with Crippen LogP contribution in [0.5, 0.6) is 0 Å². The van der Waals surface area contributed by atoms with Gasteiger partial charge in [-0.1, -0.05) is 69.1 Å². The first-order valence-corrected chi connectivity index (χ1v) is 9.30. The number of ether oxygens (including phenoxy) is 1. The van der Waals surface area contributed by atoms with Crippen LogP contribution in [0.2, 0.25) is 10.0 Å². The van der Waals surface area contributed by atoms with E-state index in [2.05, 4.69) is 34.1 Å². The molecule has 1 heterocycles. The first-order chi connectivity index (χ1) is 10.2. The number of fused-ring (bicyclic) bond motifs is 2. The third kappa shape index (κ3) is 3.43. The molecule has 0 spiro atoms. The lowest BCUT2D eigenvalue weighted by molar-refractivity contribution is 0.0634. The lowest BCUT2D eigenvalue weighted by Gasteiger charge is -2.18. The molecule has 1 nitrogen and oxygen atoms in total. The molecule has 1 atom stereocenters. The van der Waals surface area contributed by atoms with Gasteiger partial charge in [-0.15, -0.1) is 0 Å². The normalized spacial score (nSPS) is 17.0. The summed E-state index contributed by atoms with van der Waals surface area (Å²) in [5.41, 5.74) is 2.36. The minimum atomic E-state index is 0.0297. The van der Waals surface area contributed by atoms with Crippen molar-refractivity contribution in [2.45, 2.75) is 22.3 Å². The van der Waals surface area contributed by atoms with Crippen LogP contribution in [0.1, 0.15) is 17.2 Å². The van der Waals surface area contributed by atoms with Gasteiger partial charge in [0.1, 0.15) is 0 Å². The maximum atomic E-state index is 6.38. The molecule has 3 rings (SSSR count). The highest BCUT2D eigenvalue weighted by Gasteiger charge is 2.24. The van der Waals surface area contributed by atoms with E-state index in [4.69, 9.17) is 27.9 Å². The van der Waals surface area contributed by atoms with E-state index >= 15 is 0 Å². The van der Waals surface area contributed by atoms with Crippen LogP contribution >= 0.6 is 50.9 Å². The van der Waals surface area contributed by atoms with E-state index in [0.29, 0.717) is 16.7 Å². The summed E-state index contributed by atoms with van der Waals surface area (Å²) in [5.74, 6) is 0. The van der Waals surface area contributed by atoms with E-state index in [1.54, 1.807) is 17.8 Å². The zero-order valence-electron chi connectivity index (χ0n) is 11.1. The Kier molecular flexibility index (Phi) is 5.18. The average molecular weight is 404 g/mol. The van der Waals surface area contributed by atoms with Crippen molar-refractivity contribution in [3.05, 3.63) is 57.6 Å². The highest BCUT2D eigenvalue weighted by molar-refractivity contribution is 9.09. The fourth-order valence-corrected chi connectivity index (χ4v) is 4.43. The molecule has 1 aliphatic rings. The Bertz CT molecular complexity index is 663. The smallest absolute Gasteiger partial charge is 0.0876 e. The molecule has 2 aromatic carbocycles. The van der Waals surface area contributed by atoms with Gasteiger partial charge >= 0.3 is 0 Å². The van der Waals surface area contributed by atoms with Gasteiger partial charge in [0, 0.05) is 26.6 Å². The first-order valence-electron chi connectivity index (χ1n) is 6.61. The maximum Gasteiger partial charge on any atom is 0.0876 e. The summed E-state index contributed by atoms with van der Waals surface area (Å²) < 4.78 is 6.03. The average Bonchev–Trinajstić information content (AvgIpc) is 2.62. The van der Waals surface area contributed by atoms with Gasteiger partial charge in [-0.25, -0.2) is 0 Å². The molecule has 0 bridgehead atoms. The second-order valence-electron chi connectivity index (χ2n) is 4.77. The van der Waals surface area contributed by atoms with Crippen LogP contribution in [0.3, 0.4) is 0 Å². The SMILES string of the molecule is Clc1cc(Cl)c2c(c1)CC(OCCBr)c1ccccc1S2. The maximum absolute atomic E-state index is 6.38. The number of hydrogen-bond acceptors (Lipinski definition) is 2. The molecule has 0 aliphatic carbocycles. The first kappa shape index (κ1) is 15.7. The van der Waals surface area contributed by atoms with Crippen LogP contribution in [-0.2, 0) is 11.2 Å². The lowest BCUT2D eigenvalue weighted by Crippen LogP contribution is -2.09. The van der Waals surface area contributed by atoms with Crippen molar-refractivity contribution in [3.8, 4) is 0 Å². The highest BCUT2D eigenvalue weighted by atomic mass is 79.9. The van der Waals surface area contributed by atoms with Crippen LogP contribution in [0, 0.1) is 0 Å². The Morgan fingerprint density at radius 2 is 2.05 bits per heavy atom. The van der Waals surface area contributed by atoms with Gasteiger partial charge in [0.05, 0.1) is 17.7 Å². The Morgan fingerprint density at radius 3 is 2.86 bits per heavy atom. The van der Waals surface area contributed by atoms with Crippen LogP contribution in [0.25, 0.3) is 0 Å². The van der Waals surface area contributed by atoms with E-state index < -0.39 is 0 Å². The summed E-state index contributed by atoms with van der Waals surface area (Å²) >= 11 is 17.7. The van der Waals surface area contributed by atoms with Crippen molar-refractivity contribution in [2.75, 3.05) is 11.9 Å². The molecular weight excluding hydrogens is 391 g/mol. The molecule has 110 valence electrons. The van der Waals surface area contributed by atoms with E-state index in [9.17, 15) is 0 Å². The van der Waals surface area contributed by atoms with Gasteiger partial charge < -0.3 is 4.74 Å². The summed E-state index contributed by atoms with van der Waals surface area (Å²) in [6.45, 7) is 0.674. The van der Waals surface area contributed by atoms with E-state index in [1.165, 1.54) is 10.5 Å². The highest BCUT2D eigenvalue weighted by Crippen LogP contribution is 2.45. The molecule has 0 fully saturated rings. The molecule has 2 aromatic rings. The fourth-order valence-electron chi connectivity index (χ4n) is 2.47. The molecule has 5 heteroatoms. The van der Waals surface area contributed by atoms with E-state index in [1.807, 2.05) is 12.1 Å². The van der Waals surface area contributed by atoms with Gasteiger partial charge in [-0.3, -0.25) is 0 Å². The van der Waals surface area contributed by atoms with Crippen molar-refractivity contribution >= 4 is 50.9 Å². The molecule has 1 aliphatic heterocycles. The van der Waals surface area contributed by atoms with Crippen LogP contribution in [0.15, 0.2) is 46.2 Å². The Hall–Kier alpha value is -0.190. The number of rotatable bonds is 3. The molecule has 0 saturated heterocycles. The quantitative estimate of drug-likeness (QED) is 0.568. The monoisotopic (exact) mass is 402 g/mol. The molecule has 0 N–H and O–H groups in total. The number of hydrogen-bond donors (Lipinski definition) is 0. The fraction of sp³-hybridized carbons (Fsp3) is 0.250. The van der Waals surface area contributed by atoms with Gasteiger partial charge in [-0.2, -0.15) is 0 Å². The third-order valence-corrected chi connectivity index (χ3v) is 5.59. The summed E-state index contributed by atoms with van der Waals surface area (Å²) in [6, 6.07) is 12.1. The Balaban J connectivity index is 2.07. The van der Waals surface area contributed by atoms with Crippen LogP contribution in [0.4, 0.5) is 0 Å². The zero-order chi connectivity index (χ0) is 14.8. The summed E-state index contributed by atoms with van der Waals surface area (Å²) in [5, 5.41) is 2.20. The van der Waals surface area contributed by atoms with Crippen molar-refractivity contribution in [2.24, 2.45) is 0 Å². The molecule has 0 amide bonds. The second-order valence-corrected chi connectivity index (χ2v) is 7.46. The van der Waals surface area contributed by atoms with Crippen LogP contribution < -0.4 is 0 Å². The Labute approximate surface area is 147 Å². The van der Waals surface area contributed by atoms with Crippen LogP contribution in [-0.4, -0.2) is 11.9 Å². The van der Waals surface area contributed by atoms with Gasteiger partial charge in [0.15, 0.2) is 0 Å². The van der Waals surface area contributed by atoms with Crippen molar-refractivity contribution in [1.29, 1.82) is 0 Å². The summed E-state index contributed by atoms with van der Waals surface area (Å²) in [6.07, 6.45) is 0.814.